The lowest BCUT2D eigenvalue weighted by Gasteiger charge is -2.02. The fourth-order valence-electron chi connectivity index (χ4n) is 1.25. The quantitative estimate of drug-likeness (QED) is 0.680. The van der Waals surface area contributed by atoms with Crippen molar-refractivity contribution >= 4 is 17.4 Å². The van der Waals surface area contributed by atoms with Gasteiger partial charge in [0.15, 0.2) is 0 Å². The van der Waals surface area contributed by atoms with Crippen LogP contribution in [0.2, 0.25) is 0 Å². The van der Waals surface area contributed by atoms with Gasteiger partial charge in [-0.25, -0.2) is 4.39 Å². The maximum atomic E-state index is 12.9. The van der Waals surface area contributed by atoms with Gasteiger partial charge in [0.1, 0.15) is 11.6 Å². The first-order valence-corrected chi connectivity index (χ1v) is 3.96. The molecule has 14 heavy (non-hydrogen) atoms. The number of carbonyl (C=O) groups is 1. The molecule has 70 valence electrons. The summed E-state index contributed by atoms with van der Waals surface area (Å²) in [7, 11) is 0. The number of nitrogens with zero attached hydrogens (tertiary/aromatic N) is 1. The van der Waals surface area contributed by atoms with Crippen molar-refractivity contribution in [2.45, 2.75) is 0 Å². The predicted octanol–water partition coefficient (Wildman–Crippen LogP) is 1.91. The van der Waals surface area contributed by atoms with Crippen LogP contribution in [0.4, 0.5) is 4.39 Å². The molecule has 0 radical (unpaired) electrons. The zero-order valence-electron chi connectivity index (χ0n) is 7.11. The Labute approximate surface area is 79.1 Å². The minimum Gasteiger partial charge on any atom is -0.428 e. The highest BCUT2D eigenvalue weighted by Gasteiger charge is 2.03. The fourth-order valence-corrected chi connectivity index (χ4v) is 1.25. The maximum absolute atomic E-state index is 12.9. The van der Waals surface area contributed by atoms with E-state index in [2.05, 4.69) is 9.72 Å². The van der Waals surface area contributed by atoms with E-state index in [4.69, 9.17) is 0 Å². The highest BCUT2D eigenvalue weighted by atomic mass is 19.1. The Morgan fingerprint density at radius 3 is 3.00 bits per heavy atom. The number of pyridine rings is 1. The molecule has 0 spiro atoms. The van der Waals surface area contributed by atoms with Crippen LogP contribution in [0.25, 0.3) is 10.9 Å². The molecule has 0 saturated heterocycles. The van der Waals surface area contributed by atoms with E-state index >= 15 is 0 Å². The van der Waals surface area contributed by atoms with Crippen LogP contribution in [0.15, 0.2) is 30.5 Å². The molecule has 0 aliphatic heterocycles. The Bertz CT molecular complexity index is 485. The van der Waals surface area contributed by atoms with Crippen LogP contribution in [0.1, 0.15) is 0 Å². The third-order valence-corrected chi connectivity index (χ3v) is 1.84. The Kier molecular flexibility index (Phi) is 2.10. The summed E-state index contributed by atoms with van der Waals surface area (Å²) < 4.78 is 17.6. The number of hydrogen-bond donors (Lipinski definition) is 0. The Morgan fingerprint density at radius 2 is 2.21 bits per heavy atom. The summed E-state index contributed by atoms with van der Waals surface area (Å²) in [4.78, 5) is 14.2. The minimum absolute atomic E-state index is 0.305. The van der Waals surface area contributed by atoms with Crippen LogP contribution in [0.3, 0.4) is 0 Å². The van der Waals surface area contributed by atoms with Gasteiger partial charge < -0.3 is 4.74 Å². The lowest BCUT2D eigenvalue weighted by Crippen LogP contribution is -1.91. The van der Waals surface area contributed by atoms with E-state index in [0.29, 0.717) is 23.1 Å². The zero-order valence-corrected chi connectivity index (χ0v) is 7.11. The summed E-state index contributed by atoms with van der Waals surface area (Å²) in [6.07, 6.45) is 1.50. The molecule has 2 rings (SSSR count). The number of fused-ring (bicyclic) bond motifs is 1. The molecule has 1 heterocycles. The molecular formula is C10H6FNO2. The molecule has 0 atom stereocenters. The van der Waals surface area contributed by atoms with E-state index in [-0.39, 0.29) is 5.82 Å². The van der Waals surface area contributed by atoms with E-state index in [1.807, 2.05) is 0 Å². The van der Waals surface area contributed by atoms with Gasteiger partial charge in [0.05, 0.1) is 5.52 Å². The Balaban J connectivity index is 2.70. The van der Waals surface area contributed by atoms with Crippen molar-refractivity contribution in [1.29, 1.82) is 0 Å². The molecule has 3 nitrogen and oxygen atoms in total. The van der Waals surface area contributed by atoms with Gasteiger partial charge in [-0.2, -0.15) is 0 Å². The number of ether oxygens (including phenoxy) is 1. The Hall–Kier alpha value is -1.97. The van der Waals surface area contributed by atoms with Crippen molar-refractivity contribution in [3.05, 3.63) is 36.3 Å². The molecule has 1 aromatic carbocycles. The molecule has 0 N–H and O–H groups in total. The number of halogens is 1. The third-order valence-electron chi connectivity index (χ3n) is 1.84. The SMILES string of the molecule is O=COc1ccnc2ccc(F)cc12. The first kappa shape index (κ1) is 8.62. The molecule has 0 aliphatic carbocycles. The van der Waals surface area contributed by atoms with Gasteiger partial charge in [0.25, 0.3) is 6.47 Å². The summed E-state index contributed by atoms with van der Waals surface area (Å²) in [5.41, 5.74) is 0.589. The number of rotatable bonds is 2. The van der Waals surface area contributed by atoms with E-state index in [1.165, 1.54) is 30.5 Å². The second kappa shape index (κ2) is 3.41. The van der Waals surface area contributed by atoms with Gasteiger partial charge in [-0.15, -0.1) is 0 Å². The van der Waals surface area contributed by atoms with Gasteiger partial charge in [-0.3, -0.25) is 9.78 Å². The molecule has 0 saturated carbocycles. The standard InChI is InChI=1S/C10H6FNO2/c11-7-1-2-9-8(5-7)10(14-6-13)3-4-12-9/h1-6H. The summed E-state index contributed by atoms with van der Waals surface area (Å²) in [5, 5.41) is 0.486. The smallest absolute Gasteiger partial charge is 0.298 e. The van der Waals surface area contributed by atoms with Crippen molar-refractivity contribution in [1.82, 2.24) is 4.98 Å². The predicted molar refractivity (Wildman–Crippen MR) is 48.4 cm³/mol. The van der Waals surface area contributed by atoms with Crippen LogP contribution in [0, 0.1) is 5.82 Å². The van der Waals surface area contributed by atoms with E-state index in [0.717, 1.165) is 0 Å². The van der Waals surface area contributed by atoms with Crippen molar-refractivity contribution < 1.29 is 13.9 Å². The number of benzene rings is 1. The second-order valence-corrected chi connectivity index (χ2v) is 2.68. The Morgan fingerprint density at radius 1 is 1.36 bits per heavy atom. The molecular weight excluding hydrogens is 185 g/mol. The monoisotopic (exact) mass is 191 g/mol. The molecule has 4 heteroatoms. The van der Waals surface area contributed by atoms with Gasteiger partial charge in [0, 0.05) is 11.6 Å². The highest BCUT2D eigenvalue weighted by Crippen LogP contribution is 2.23. The molecule has 0 bridgehead atoms. The topological polar surface area (TPSA) is 39.2 Å². The highest BCUT2D eigenvalue weighted by molar-refractivity contribution is 5.85. The minimum atomic E-state index is -0.388. The second-order valence-electron chi connectivity index (χ2n) is 2.68. The van der Waals surface area contributed by atoms with Crippen LogP contribution >= 0.6 is 0 Å². The molecule has 0 aliphatic rings. The van der Waals surface area contributed by atoms with E-state index in [1.54, 1.807) is 0 Å². The van der Waals surface area contributed by atoms with E-state index in [9.17, 15) is 9.18 Å². The van der Waals surface area contributed by atoms with Crippen molar-refractivity contribution in [2.24, 2.45) is 0 Å². The van der Waals surface area contributed by atoms with Crippen molar-refractivity contribution in [2.75, 3.05) is 0 Å². The van der Waals surface area contributed by atoms with E-state index < -0.39 is 0 Å². The summed E-state index contributed by atoms with van der Waals surface area (Å²) in [5.74, 6) is -0.0780. The van der Waals surface area contributed by atoms with Crippen LogP contribution < -0.4 is 4.74 Å². The first-order valence-electron chi connectivity index (χ1n) is 3.96. The van der Waals surface area contributed by atoms with Gasteiger partial charge in [0.2, 0.25) is 0 Å². The third kappa shape index (κ3) is 1.42. The normalized spacial score (nSPS) is 10.1. The summed E-state index contributed by atoms with van der Waals surface area (Å²) >= 11 is 0. The summed E-state index contributed by atoms with van der Waals surface area (Å²) in [6.45, 7) is 0.305. The molecule has 2 aromatic rings. The van der Waals surface area contributed by atoms with Crippen LogP contribution in [0.5, 0.6) is 5.75 Å². The molecule has 0 amide bonds. The number of hydrogen-bond acceptors (Lipinski definition) is 3. The molecule has 0 fully saturated rings. The number of aromatic nitrogens is 1. The molecule has 0 unspecified atom stereocenters. The average Bonchev–Trinajstić information content (AvgIpc) is 2.19. The number of carbonyl (C=O) groups excluding carboxylic acids is 1. The van der Waals surface area contributed by atoms with Crippen molar-refractivity contribution in [3.8, 4) is 5.75 Å². The van der Waals surface area contributed by atoms with Gasteiger partial charge in [-0.1, -0.05) is 0 Å². The largest absolute Gasteiger partial charge is 0.428 e. The van der Waals surface area contributed by atoms with Crippen molar-refractivity contribution in [3.63, 3.8) is 0 Å². The van der Waals surface area contributed by atoms with Crippen LogP contribution in [-0.2, 0) is 4.79 Å². The van der Waals surface area contributed by atoms with Crippen LogP contribution in [-0.4, -0.2) is 11.5 Å². The maximum Gasteiger partial charge on any atom is 0.298 e. The van der Waals surface area contributed by atoms with Gasteiger partial charge in [-0.05, 0) is 24.3 Å². The summed E-state index contributed by atoms with van der Waals surface area (Å²) in [6, 6.07) is 5.62. The average molecular weight is 191 g/mol. The first-order chi connectivity index (χ1) is 6.81. The zero-order chi connectivity index (χ0) is 9.97. The fraction of sp³-hybridized carbons (Fsp3) is 0. The lowest BCUT2D eigenvalue weighted by atomic mass is 10.2. The lowest BCUT2D eigenvalue weighted by molar-refractivity contribution is -0.120. The van der Waals surface area contributed by atoms with Gasteiger partial charge >= 0.3 is 0 Å². The molecule has 1 aromatic heterocycles.